The SMILES string of the molecule is CCCCCCCCc1ccno1. The van der Waals surface area contributed by atoms with Crippen molar-refractivity contribution in [2.24, 2.45) is 0 Å². The molecule has 0 atom stereocenters. The van der Waals surface area contributed by atoms with Gasteiger partial charge in [-0.1, -0.05) is 44.2 Å². The van der Waals surface area contributed by atoms with Crippen molar-refractivity contribution in [3.8, 4) is 0 Å². The molecule has 0 aliphatic rings. The zero-order valence-corrected chi connectivity index (χ0v) is 8.46. The van der Waals surface area contributed by atoms with Gasteiger partial charge in [0.1, 0.15) is 5.76 Å². The van der Waals surface area contributed by atoms with Crippen LogP contribution in [0.3, 0.4) is 0 Å². The molecule has 1 heterocycles. The molecule has 0 saturated carbocycles. The highest BCUT2D eigenvalue weighted by molar-refractivity contribution is 4.92. The Morgan fingerprint density at radius 1 is 1.15 bits per heavy atom. The van der Waals surface area contributed by atoms with Crippen LogP contribution in [0.5, 0.6) is 0 Å². The van der Waals surface area contributed by atoms with Crippen LogP contribution in [0.25, 0.3) is 0 Å². The Morgan fingerprint density at radius 2 is 1.92 bits per heavy atom. The highest BCUT2D eigenvalue weighted by Gasteiger charge is 1.96. The van der Waals surface area contributed by atoms with Crippen LogP contribution in [0.15, 0.2) is 16.8 Å². The van der Waals surface area contributed by atoms with E-state index in [2.05, 4.69) is 12.1 Å². The maximum absolute atomic E-state index is 5.01. The average molecular weight is 181 g/mol. The fourth-order valence-electron chi connectivity index (χ4n) is 1.45. The maximum Gasteiger partial charge on any atom is 0.136 e. The maximum atomic E-state index is 5.01. The predicted molar refractivity (Wildman–Crippen MR) is 53.6 cm³/mol. The van der Waals surface area contributed by atoms with Gasteiger partial charge >= 0.3 is 0 Å². The van der Waals surface area contributed by atoms with Gasteiger partial charge in [-0.15, -0.1) is 0 Å². The molecule has 0 unspecified atom stereocenters. The first-order chi connectivity index (χ1) is 6.43. The summed E-state index contributed by atoms with van der Waals surface area (Å²) in [5, 5.41) is 3.68. The van der Waals surface area contributed by atoms with Crippen LogP contribution in [0.1, 0.15) is 51.2 Å². The summed E-state index contributed by atoms with van der Waals surface area (Å²) in [6.07, 6.45) is 10.8. The summed E-state index contributed by atoms with van der Waals surface area (Å²) in [7, 11) is 0. The lowest BCUT2D eigenvalue weighted by Gasteiger charge is -1.97. The van der Waals surface area contributed by atoms with Gasteiger partial charge in [-0.25, -0.2) is 0 Å². The van der Waals surface area contributed by atoms with Crippen molar-refractivity contribution < 1.29 is 4.52 Å². The van der Waals surface area contributed by atoms with Crippen molar-refractivity contribution in [2.75, 3.05) is 0 Å². The molecule has 1 aromatic heterocycles. The van der Waals surface area contributed by atoms with Gasteiger partial charge < -0.3 is 4.52 Å². The first-order valence-corrected chi connectivity index (χ1v) is 5.33. The molecule has 2 heteroatoms. The van der Waals surface area contributed by atoms with Gasteiger partial charge in [0.2, 0.25) is 0 Å². The summed E-state index contributed by atoms with van der Waals surface area (Å²) in [6.45, 7) is 2.24. The highest BCUT2D eigenvalue weighted by Crippen LogP contribution is 2.08. The van der Waals surface area contributed by atoms with Gasteiger partial charge in [0.15, 0.2) is 0 Å². The molecular weight excluding hydrogens is 162 g/mol. The minimum atomic E-state index is 1.02. The number of rotatable bonds is 7. The molecule has 0 aliphatic heterocycles. The number of aryl methyl sites for hydroxylation is 1. The molecule has 0 aliphatic carbocycles. The van der Waals surface area contributed by atoms with Crippen LogP contribution in [-0.2, 0) is 6.42 Å². The molecule has 13 heavy (non-hydrogen) atoms. The molecule has 1 aromatic rings. The Labute approximate surface area is 80.3 Å². The average Bonchev–Trinajstić information content (AvgIpc) is 2.63. The molecule has 0 radical (unpaired) electrons. The van der Waals surface area contributed by atoms with Crippen LogP contribution in [0.4, 0.5) is 0 Å². The molecule has 0 fully saturated rings. The quantitative estimate of drug-likeness (QED) is 0.601. The van der Waals surface area contributed by atoms with E-state index in [0.717, 1.165) is 12.2 Å². The number of nitrogens with zero attached hydrogens (tertiary/aromatic N) is 1. The minimum Gasteiger partial charge on any atom is -0.361 e. The van der Waals surface area contributed by atoms with Crippen molar-refractivity contribution in [3.63, 3.8) is 0 Å². The summed E-state index contributed by atoms with van der Waals surface area (Å²) in [6, 6.07) is 1.95. The first-order valence-electron chi connectivity index (χ1n) is 5.33. The van der Waals surface area contributed by atoms with Crippen molar-refractivity contribution in [3.05, 3.63) is 18.0 Å². The van der Waals surface area contributed by atoms with E-state index in [0.29, 0.717) is 0 Å². The molecule has 74 valence electrons. The summed E-state index contributed by atoms with van der Waals surface area (Å²) >= 11 is 0. The van der Waals surface area contributed by atoms with Crippen LogP contribution in [-0.4, -0.2) is 5.16 Å². The smallest absolute Gasteiger partial charge is 0.136 e. The first kappa shape index (κ1) is 10.3. The second-order valence-corrected chi connectivity index (χ2v) is 3.50. The molecule has 0 spiro atoms. The van der Waals surface area contributed by atoms with Gasteiger partial charge in [-0.05, 0) is 6.42 Å². The van der Waals surface area contributed by atoms with Gasteiger partial charge in [0.25, 0.3) is 0 Å². The van der Waals surface area contributed by atoms with Crippen LogP contribution < -0.4 is 0 Å². The number of hydrogen-bond acceptors (Lipinski definition) is 2. The van der Waals surface area contributed by atoms with E-state index in [-0.39, 0.29) is 0 Å². The molecule has 2 nitrogen and oxygen atoms in total. The van der Waals surface area contributed by atoms with E-state index in [1.165, 1.54) is 38.5 Å². The second-order valence-electron chi connectivity index (χ2n) is 3.50. The lowest BCUT2D eigenvalue weighted by Crippen LogP contribution is -1.83. The molecule has 0 aromatic carbocycles. The molecular formula is C11H19NO. The summed E-state index contributed by atoms with van der Waals surface area (Å²) in [5.74, 6) is 1.02. The van der Waals surface area contributed by atoms with E-state index < -0.39 is 0 Å². The van der Waals surface area contributed by atoms with Crippen LogP contribution >= 0.6 is 0 Å². The zero-order chi connectivity index (χ0) is 9.36. The number of hydrogen-bond donors (Lipinski definition) is 0. The van der Waals surface area contributed by atoms with Crippen molar-refractivity contribution >= 4 is 0 Å². The van der Waals surface area contributed by atoms with Crippen LogP contribution in [0.2, 0.25) is 0 Å². The Kier molecular flexibility index (Phi) is 5.30. The van der Waals surface area contributed by atoms with E-state index in [4.69, 9.17) is 4.52 Å². The monoisotopic (exact) mass is 181 g/mol. The third-order valence-corrected chi connectivity index (χ3v) is 2.27. The Balaban J connectivity index is 1.90. The Bertz CT molecular complexity index is 194. The van der Waals surface area contributed by atoms with Crippen molar-refractivity contribution in [1.29, 1.82) is 0 Å². The number of unbranched alkanes of at least 4 members (excludes halogenated alkanes) is 5. The number of aromatic nitrogens is 1. The van der Waals surface area contributed by atoms with Crippen molar-refractivity contribution in [2.45, 2.75) is 51.9 Å². The van der Waals surface area contributed by atoms with E-state index in [9.17, 15) is 0 Å². The standard InChI is InChI=1S/C11H19NO/c1-2-3-4-5-6-7-8-11-9-10-12-13-11/h9-10H,2-8H2,1H3. The lowest BCUT2D eigenvalue weighted by atomic mass is 10.1. The third kappa shape index (κ3) is 4.71. The highest BCUT2D eigenvalue weighted by atomic mass is 16.5. The van der Waals surface area contributed by atoms with Crippen LogP contribution in [0, 0.1) is 0 Å². The minimum absolute atomic E-state index is 1.02. The zero-order valence-electron chi connectivity index (χ0n) is 8.46. The molecule has 0 saturated heterocycles. The fourth-order valence-corrected chi connectivity index (χ4v) is 1.45. The summed E-state index contributed by atoms with van der Waals surface area (Å²) < 4.78 is 5.01. The van der Waals surface area contributed by atoms with E-state index in [1.807, 2.05) is 6.07 Å². The molecule has 0 N–H and O–H groups in total. The Morgan fingerprint density at radius 3 is 2.62 bits per heavy atom. The largest absolute Gasteiger partial charge is 0.361 e. The second kappa shape index (κ2) is 6.70. The lowest BCUT2D eigenvalue weighted by molar-refractivity contribution is 0.378. The molecule has 0 bridgehead atoms. The third-order valence-electron chi connectivity index (χ3n) is 2.27. The molecule has 1 rings (SSSR count). The Hall–Kier alpha value is -0.790. The predicted octanol–water partition coefficient (Wildman–Crippen LogP) is 3.58. The topological polar surface area (TPSA) is 26.0 Å². The molecule has 0 amide bonds. The normalized spacial score (nSPS) is 10.5. The summed E-state index contributed by atoms with van der Waals surface area (Å²) in [5.41, 5.74) is 0. The summed E-state index contributed by atoms with van der Waals surface area (Å²) in [4.78, 5) is 0. The van der Waals surface area contributed by atoms with E-state index in [1.54, 1.807) is 6.20 Å². The van der Waals surface area contributed by atoms with Gasteiger partial charge in [0.05, 0.1) is 6.20 Å². The fraction of sp³-hybridized carbons (Fsp3) is 0.727. The van der Waals surface area contributed by atoms with E-state index >= 15 is 0 Å². The van der Waals surface area contributed by atoms with Gasteiger partial charge in [-0.3, -0.25) is 0 Å². The van der Waals surface area contributed by atoms with Crippen molar-refractivity contribution in [1.82, 2.24) is 5.16 Å². The van der Waals surface area contributed by atoms with Gasteiger partial charge in [0, 0.05) is 12.5 Å². The van der Waals surface area contributed by atoms with Gasteiger partial charge in [-0.2, -0.15) is 0 Å².